The van der Waals surface area contributed by atoms with Crippen LogP contribution in [0.3, 0.4) is 0 Å². The molecule has 0 bridgehead atoms. The van der Waals surface area contributed by atoms with Gasteiger partial charge >= 0.3 is 0 Å². The molecule has 3 nitrogen and oxygen atoms in total. The number of benzene rings is 2. The van der Waals surface area contributed by atoms with Crippen LogP contribution in [0.2, 0.25) is 0 Å². The Hall–Kier alpha value is -2.13. The maximum Gasteiger partial charge on any atom is 0.220 e. The van der Waals surface area contributed by atoms with Gasteiger partial charge in [-0.3, -0.25) is 4.79 Å². The highest BCUT2D eigenvalue weighted by molar-refractivity contribution is 5.74. The van der Waals surface area contributed by atoms with Crippen molar-refractivity contribution in [3.05, 3.63) is 70.3 Å². The number of amides is 1. The molecule has 2 aromatic rings. The Morgan fingerprint density at radius 3 is 2.52 bits per heavy atom. The molecule has 2 N–H and O–H groups in total. The minimum Gasteiger partial charge on any atom is -0.334 e. The van der Waals surface area contributed by atoms with Gasteiger partial charge in [0.15, 0.2) is 0 Å². The standard InChI is InChI=1S/C18H20N2O/c1-12-4-3-5-14(8-12)18(19)15-6-7-16-10-20(13(2)21)11-17(16)9-15/h3-9,18H,10-11,19H2,1-2H3. The summed E-state index contributed by atoms with van der Waals surface area (Å²) in [6, 6.07) is 14.5. The Morgan fingerprint density at radius 1 is 1.10 bits per heavy atom. The Balaban J connectivity index is 1.89. The van der Waals surface area contributed by atoms with E-state index in [-0.39, 0.29) is 11.9 Å². The molecule has 0 saturated carbocycles. The van der Waals surface area contributed by atoms with Crippen molar-refractivity contribution >= 4 is 5.91 Å². The lowest BCUT2D eigenvalue weighted by molar-refractivity contribution is -0.129. The van der Waals surface area contributed by atoms with Crippen molar-refractivity contribution in [2.75, 3.05) is 0 Å². The Labute approximate surface area is 125 Å². The van der Waals surface area contributed by atoms with Gasteiger partial charge in [0.25, 0.3) is 0 Å². The molecular weight excluding hydrogens is 260 g/mol. The highest BCUT2D eigenvalue weighted by Crippen LogP contribution is 2.28. The number of nitrogens with two attached hydrogens (primary N) is 1. The SMILES string of the molecule is CC(=O)N1Cc2ccc(C(N)c3cccc(C)c3)cc2C1. The summed E-state index contributed by atoms with van der Waals surface area (Å²) in [6.45, 7) is 5.10. The lowest BCUT2D eigenvalue weighted by Gasteiger charge is -2.14. The lowest BCUT2D eigenvalue weighted by atomic mass is 9.95. The molecule has 0 radical (unpaired) electrons. The quantitative estimate of drug-likeness (QED) is 0.919. The second-order valence-electron chi connectivity index (χ2n) is 5.80. The summed E-state index contributed by atoms with van der Waals surface area (Å²) in [4.78, 5) is 13.3. The molecular formula is C18H20N2O. The molecule has 0 saturated heterocycles. The smallest absolute Gasteiger partial charge is 0.220 e. The molecule has 1 aliphatic heterocycles. The van der Waals surface area contributed by atoms with Crippen molar-refractivity contribution in [3.8, 4) is 0 Å². The van der Waals surface area contributed by atoms with Gasteiger partial charge < -0.3 is 10.6 Å². The molecule has 108 valence electrons. The number of hydrogen-bond acceptors (Lipinski definition) is 2. The minimum atomic E-state index is -0.124. The number of rotatable bonds is 2. The number of carbonyl (C=O) groups excluding carboxylic acids is 1. The van der Waals surface area contributed by atoms with Gasteiger partial charge in [-0.15, -0.1) is 0 Å². The summed E-state index contributed by atoms with van der Waals surface area (Å²) < 4.78 is 0. The molecule has 2 aromatic carbocycles. The molecule has 0 aromatic heterocycles. The van der Waals surface area contributed by atoms with E-state index >= 15 is 0 Å². The van der Waals surface area contributed by atoms with E-state index in [1.54, 1.807) is 6.92 Å². The van der Waals surface area contributed by atoms with Crippen molar-refractivity contribution < 1.29 is 4.79 Å². The van der Waals surface area contributed by atoms with Gasteiger partial charge in [-0.25, -0.2) is 0 Å². The fraction of sp³-hybridized carbons (Fsp3) is 0.278. The molecule has 1 aliphatic rings. The van der Waals surface area contributed by atoms with Crippen molar-refractivity contribution in [1.29, 1.82) is 0 Å². The van der Waals surface area contributed by atoms with E-state index in [1.807, 2.05) is 11.0 Å². The van der Waals surface area contributed by atoms with Crippen LogP contribution < -0.4 is 5.73 Å². The van der Waals surface area contributed by atoms with Crippen LogP contribution in [-0.2, 0) is 17.9 Å². The van der Waals surface area contributed by atoms with E-state index in [9.17, 15) is 4.79 Å². The summed E-state index contributed by atoms with van der Waals surface area (Å²) in [5.41, 5.74) is 12.3. The molecule has 0 aliphatic carbocycles. The second-order valence-corrected chi connectivity index (χ2v) is 5.80. The van der Waals surface area contributed by atoms with Crippen molar-refractivity contribution in [3.63, 3.8) is 0 Å². The Kier molecular flexibility index (Phi) is 3.52. The fourth-order valence-electron chi connectivity index (χ4n) is 2.89. The first-order chi connectivity index (χ1) is 10.0. The van der Waals surface area contributed by atoms with E-state index in [0.717, 1.165) is 11.1 Å². The average molecular weight is 280 g/mol. The Bertz CT molecular complexity index is 693. The van der Waals surface area contributed by atoms with E-state index in [0.29, 0.717) is 13.1 Å². The number of hydrogen-bond donors (Lipinski definition) is 1. The predicted molar refractivity (Wildman–Crippen MR) is 83.6 cm³/mol. The van der Waals surface area contributed by atoms with E-state index in [4.69, 9.17) is 5.73 Å². The normalized spacial score (nSPS) is 14.9. The summed E-state index contributed by atoms with van der Waals surface area (Å²) in [7, 11) is 0. The maximum atomic E-state index is 11.5. The van der Waals surface area contributed by atoms with E-state index in [1.165, 1.54) is 16.7 Å². The predicted octanol–water partition coefficient (Wildman–Crippen LogP) is 2.91. The number of fused-ring (bicyclic) bond motifs is 1. The molecule has 0 spiro atoms. The third kappa shape index (κ3) is 2.69. The van der Waals surface area contributed by atoms with Crippen molar-refractivity contribution in [2.45, 2.75) is 33.0 Å². The van der Waals surface area contributed by atoms with Gasteiger partial charge in [-0.1, -0.05) is 48.0 Å². The van der Waals surface area contributed by atoms with Gasteiger partial charge in [-0.2, -0.15) is 0 Å². The molecule has 3 rings (SSSR count). The summed E-state index contributed by atoms with van der Waals surface area (Å²) in [6.07, 6.45) is 0. The van der Waals surface area contributed by atoms with Gasteiger partial charge in [0.2, 0.25) is 5.91 Å². The number of nitrogens with zero attached hydrogens (tertiary/aromatic N) is 1. The molecule has 3 heteroatoms. The minimum absolute atomic E-state index is 0.121. The van der Waals surface area contributed by atoms with Gasteiger partial charge in [0, 0.05) is 20.0 Å². The summed E-state index contributed by atoms with van der Waals surface area (Å²) >= 11 is 0. The highest BCUT2D eigenvalue weighted by atomic mass is 16.2. The van der Waals surface area contributed by atoms with Gasteiger partial charge in [0.05, 0.1) is 6.04 Å². The highest BCUT2D eigenvalue weighted by Gasteiger charge is 2.22. The van der Waals surface area contributed by atoms with Crippen LogP contribution in [0.5, 0.6) is 0 Å². The monoisotopic (exact) mass is 280 g/mol. The maximum absolute atomic E-state index is 11.5. The van der Waals surface area contributed by atoms with Gasteiger partial charge in [-0.05, 0) is 29.2 Å². The summed E-state index contributed by atoms with van der Waals surface area (Å²) in [5, 5.41) is 0. The topological polar surface area (TPSA) is 46.3 Å². The largest absolute Gasteiger partial charge is 0.334 e. The first kappa shape index (κ1) is 13.8. The van der Waals surface area contributed by atoms with E-state index in [2.05, 4.69) is 43.3 Å². The van der Waals surface area contributed by atoms with Crippen molar-refractivity contribution in [1.82, 2.24) is 4.90 Å². The molecule has 1 heterocycles. The molecule has 1 amide bonds. The molecule has 1 unspecified atom stereocenters. The van der Waals surface area contributed by atoms with Crippen LogP contribution in [0.25, 0.3) is 0 Å². The third-order valence-electron chi connectivity index (χ3n) is 4.16. The zero-order chi connectivity index (χ0) is 15.0. The zero-order valence-electron chi connectivity index (χ0n) is 12.5. The Morgan fingerprint density at radius 2 is 1.81 bits per heavy atom. The van der Waals surface area contributed by atoms with Gasteiger partial charge in [0.1, 0.15) is 0 Å². The number of aryl methyl sites for hydroxylation is 1. The first-order valence-corrected chi connectivity index (χ1v) is 7.24. The molecule has 21 heavy (non-hydrogen) atoms. The summed E-state index contributed by atoms with van der Waals surface area (Å²) in [5.74, 6) is 0.121. The van der Waals surface area contributed by atoms with Crippen LogP contribution in [-0.4, -0.2) is 10.8 Å². The average Bonchev–Trinajstić information content (AvgIpc) is 2.89. The van der Waals surface area contributed by atoms with Crippen LogP contribution in [0.1, 0.15) is 40.8 Å². The van der Waals surface area contributed by atoms with E-state index < -0.39 is 0 Å². The second kappa shape index (κ2) is 5.34. The number of carbonyl (C=O) groups is 1. The van der Waals surface area contributed by atoms with Crippen LogP contribution in [0.15, 0.2) is 42.5 Å². The zero-order valence-corrected chi connectivity index (χ0v) is 12.5. The van der Waals surface area contributed by atoms with Crippen molar-refractivity contribution in [2.24, 2.45) is 5.73 Å². The molecule has 0 fully saturated rings. The third-order valence-corrected chi connectivity index (χ3v) is 4.16. The molecule has 1 atom stereocenters. The van der Waals surface area contributed by atoms with Crippen LogP contribution in [0.4, 0.5) is 0 Å². The van der Waals surface area contributed by atoms with Crippen LogP contribution >= 0.6 is 0 Å². The first-order valence-electron chi connectivity index (χ1n) is 7.24. The fourth-order valence-corrected chi connectivity index (χ4v) is 2.89. The van der Waals surface area contributed by atoms with Crippen LogP contribution in [0, 0.1) is 6.92 Å². The lowest BCUT2D eigenvalue weighted by Crippen LogP contribution is -2.21.